The van der Waals surface area contributed by atoms with Crippen LogP contribution < -0.4 is 10.0 Å². The lowest BCUT2D eigenvalue weighted by molar-refractivity contribution is 0.151. The number of ether oxygens (including phenoxy) is 1. The van der Waals surface area contributed by atoms with E-state index in [1.807, 2.05) is 37.3 Å². The molecule has 1 unspecified atom stereocenters. The highest BCUT2D eigenvalue weighted by atomic mass is 32.2. The number of benzene rings is 1. The highest BCUT2D eigenvalue weighted by Crippen LogP contribution is 2.36. The summed E-state index contributed by atoms with van der Waals surface area (Å²) in [5.74, 6) is 0.386. The van der Waals surface area contributed by atoms with Crippen LogP contribution in [0.15, 0.2) is 34.5 Å². The molecular weight excluding hydrogens is 468 g/mol. The molecule has 2 rings (SSSR count). The summed E-state index contributed by atoms with van der Waals surface area (Å²) in [6.45, 7) is 11.5. The predicted octanol–water partition coefficient (Wildman–Crippen LogP) is 6.50. The van der Waals surface area contributed by atoms with Gasteiger partial charge in [0.25, 0.3) is 10.0 Å². The Balaban J connectivity index is 2.23. The first kappa shape index (κ1) is 28.3. The Morgan fingerprint density at radius 3 is 2.35 bits per heavy atom. The standard InChI is InChI=1S/C26H40N2O4S2/c1-6-8-10-20(5)27-18-21-11-13-22(14-12-21)24-17-23(16-19(3)4)33-25(24)34(30,31)28-26(29)32-15-9-7-2/h11-14,17,19-20,27H,6-10,15-16,18H2,1-5H3,(H,28,29). The zero-order valence-electron chi connectivity index (χ0n) is 21.1. The van der Waals surface area contributed by atoms with E-state index in [1.165, 1.54) is 24.2 Å². The number of sulfonamides is 1. The molecule has 0 aliphatic rings. The van der Waals surface area contributed by atoms with Crippen LogP contribution in [0.3, 0.4) is 0 Å². The van der Waals surface area contributed by atoms with Crippen LogP contribution >= 0.6 is 11.3 Å². The minimum atomic E-state index is -4.05. The monoisotopic (exact) mass is 508 g/mol. The Hall–Kier alpha value is -1.90. The predicted molar refractivity (Wildman–Crippen MR) is 141 cm³/mol. The van der Waals surface area contributed by atoms with E-state index in [1.54, 1.807) is 0 Å². The van der Waals surface area contributed by atoms with Gasteiger partial charge in [-0.3, -0.25) is 0 Å². The van der Waals surface area contributed by atoms with Gasteiger partial charge in [-0.15, -0.1) is 11.3 Å². The van der Waals surface area contributed by atoms with E-state index >= 15 is 0 Å². The number of thiophene rings is 1. The number of nitrogens with one attached hydrogen (secondary N) is 2. The van der Waals surface area contributed by atoms with E-state index in [4.69, 9.17) is 4.74 Å². The molecule has 1 amide bonds. The van der Waals surface area contributed by atoms with Crippen molar-refractivity contribution in [2.75, 3.05) is 6.61 Å². The van der Waals surface area contributed by atoms with Gasteiger partial charge in [-0.25, -0.2) is 17.9 Å². The topological polar surface area (TPSA) is 84.5 Å². The number of amides is 1. The highest BCUT2D eigenvalue weighted by molar-refractivity contribution is 7.92. The summed E-state index contributed by atoms with van der Waals surface area (Å²) < 4.78 is 33.4. The van der Waals surface area contributed by atoms with E-state index in [0.717, 1.165) is 41.8 Å². The van der Waals surface area contributed by atoms with Gasteiger partial charge in [-0.2, -0.15) is 0 Å². The van der Waals surface area contributed by atoms with Crippen LogP contribution in [0.25, 0.3) is 11.1 Å². The van der Waals surface area contributed by atoms with E-state index in [9.17, 15) is 13.2 Å². The number of rotatable bonds is 14. The average Bonchev–Trinajstić information content (AvgIpc) is 3.20. The largest absolute Gasteiger partial charge is 0.449 e. The van der Waals surface area contributed by atoms with Crippen molar-refractivity contribution >= 4 is 27.5 Å². The molecule has 0 aliphatic heterocycles. The van der Waals surface area contributed by atoms with Crippen LogP contribution in [-0.4, -0.2) is 27.2 Å². The van der Waals surface area contributed by atoms with Crippen LogP contribution in [0.5, 0.6) is 0 Å². The molecule has 0 fully saturated rings. The van der Waals surface area contributed by atoms with Crippen molar-refractivity contribution in [1.29, 1.82) is 0 Å². The second-order valence-corrected chi connectivity index (χ2v) is 12.2. The van der Waals surface area contributed by atoms with Gasteiger partial charge >= 0.3 is 6.09 Å². The smallest absolute Gasteiger partial charge is 0.421 e. The van der Waals surface area contributed by atoms with Crippen molar-refractivity contribution in [3.63, 3.8) is 0 Å². The van der Waals surface area contributed by atoms with Crippen LogP contribution in [-0.2, 0) is 27.7 Å². The lowest BCUT2D eigenvalue weighted by Crippen LogP contribution is -2.31. The zero-order chi connectivity index (χ0) is 25.1. The molecule has 190 valence electrons. The molecule has 0 saturated carbocycles. The summed E-state index contributed by atoms with van der Waals surface area (Å²) >= 11 is 1.22. The third kappa shape index (κ3) is 9.04. The summed E-state index contributed by atoms with van der Waals surface area (Å²) in [5.41, 5.74) is 2.57. The van der Waals surface area contributed by atoms with Crippen molar-refractivity contribution in [2.45, 2.75) is 89.9 Å². The zero-order valence-corrected chi connectivity index (χ0v) is 22.8. The van der Waals surface area contributed by atoms with Gasteiger partial charge < -0.3 is 10.1 Å². The number of hydrogen-bond acceptors (Lipinski definition) is 6. The van der Waals surface area contributed by atoms with E-state index < -0.39 is 16.1 Å². The van der Waals surface area contributed by atoms with Crippen LogP contribution in [0.4, 0.5) is 4.79 Å². The number of carbonyl (C=O) groups is 1. The van der Waals surface area contributed by atoms with Crippen LogP contribution in [0.2, 0.25) is 0 Å². The third-order valence-corrected chi connectivity index (χ3v) is 8.47. The number of unbranched alkanes of at least 4 members (excludes halogenated alkanes) is 2. The van der Waals surface area contributed by atoms with E-state index in [-0.39, 0.29) is 10.8 Å². The molecule has 34 heavy (non-hydrogen) atoms. The molecule has 0 radical (unpaired) electrons. The fraction of sp³-hybridized carbons (Fsp3) is 0.577. The van der Waals surface area contributed by atoms with Gasteiger partial charge in [0.1, 0.15) is 4.21 Å². The second-order valence-electron chi connectivity index (χ2n) is 9.23. The first-order valence-corrected chi connectivity index (χ1v) is 14.6. The Kier molecular flexibility index (Phi) is 11.5. The highest BCUT2D eigenvalue weighted by Gasteiger charge is 2.26. The summed E-state index contributed by atoms with van der Waals surface area (Å²) in [5, 5.41) is 3.54. The molecule has 8 heteroatoms. The maximum absolute atomic E-state index is 13.1. The molecule has 1 atom stereocenters. The minimum absolute atomic E-state index is 0.148. The average molecular weight is 509 g/mol. The number of carbonyl (C=O) groups excluding carboxylic acids is 1. The van der Waals surface area contributed by atoms with Crippen LogP contribution in [0, 0.1) is 5.92 Å². The molecule has 1 aromatic heterocycles. The van der Waals surface area contributed by atoms with Gasteiger partial charge in [-0.1, -0.05) is 71.2 Å². The van der Waals surface area contributed by atoms with Crippen molar-refractivity contribution in [1.82, 2.24) is 10.0 Å². The molecule has 2 aromatic rings. The molecule has 0 bridgehead atoms. The normalized spacial score (nSPS) is 12.6. The fourth-order valence-corrected chi connectivity index (χ4v) is 6.37. The summed E-state index contributed by atoms with van der Waals surface area (Å²) in [7, 11) is -4.05. The quantitative estimate of drug-likeness (QED) is 0.285. The third-order valence-electron chi connectivity index (χ3n) is 5.46. The van der Waals surface area contributed by atoms with E-state index in [2.05, 4.69) is 37.7 Å². The second kappa shape index (κ2) is 13.9. The lowest BCUT2D eigenvalue weighted by Gasteiger charge is -2.13. The summed E-state index contributed by atoms with van der Waals surface area (Å²) in [4.78, 5) is 13.0. The van der Waals surface area contributed by atoms with Crippen molar-refractivity contribution in [3.8, 4) is 11.1 Å². The number of hydrogen-bond donors (Lipinski definition) is 2. The molecule has 6 nitrogen and oxygen atoms in total. The van der Waals surface area contributed by atoms with Gasteiger partial charge in [0.05, 0.1) is 6.61 Å². The molecule has 1 heterocycles. The lowest BCUT2D eigenvalue weighted by atomic mass is 10.0. The van der Waals surface area contributed by atoms with Crippen molar-refractivity contribution in [2.24, 2.45) is 5.92 Å². The molecule has 0 saturated heterocycles. The van der Waals surface area contributed by atoms with Gasteiger partial charge in [0, 0.05) is 23.0 Å². The van der Waals surface area contributed by atoms with Crippen molar-refractivity contribution in [3.05, 3.63) is 40.8 Å². The maximum Gasteiger partial charge on any atom is 0.421 e. The summed E-state index contributed by atoms with van der Waals surface area (Å²) in [6, 6.07) is 10.3. The Bertz CT molecular complexity index is 998. The van der Waals surface area contributed by atoms with Crippen LogP contribution in [0.1, 0.15) is 77.2 Å². The molecular formula is C26H40N2O4S2. The maximum atomic E-state index is 13.1. The van der Waals surface area contributed by atoms with Crippen molar-refractivity contribution < 1.29 is 17.9 Å². The molecule has 1 aromatic carbocycles. The molecule has 0 spiro atoms. The Labute approximate surface area is 209 Å². The first-order chi connectivity index (χ1) is 16.2. The SMILES string of the molecule is CCCCOC(=O)NS(=O)(=O)c1sc(CC(C)C)cc1-c1ccc(CNC(C)CCCC)cc1. The van der Waals surface area contributed by atoms with E-state index in [0.29, 0.717) is 23.9 Å². The molecule has 0 aliphatic carbocycles. The Morgan fingerprint density at radius 1 is 1.06 bits per heavy atom. The van der Waals surface area contributed by atoms with Gasteiger partial charge in [-0.05, 0) is 49.3 Å². The van der Waals surface area contributed by atoms with Gasteiger partial charge in [0.2, 0.25) is 0 Å². The van der Waals surface area contributed by atoms with Gasteiger partial charge in [0.15, 0.2) is 0 Å². The molecule has 2 N–H and O–H groups in total. The summed E-state index contributed by atoms with van der Waals surface area (Å²) in [6.07, 6.45) is 4.93. The first-order valence-electron chi connectivity index (χ1n) is 12.3. The minimum Gasteiger partial charge on any atom is -0.449 e. The fourth-order valence-electron chi connectivity index (χ4n) is 3.53. The Morgan fingerprint density at radius 2 is 1.74 bits per heavy atom.